The van der Waals surface area contributed by atoms with Crippen molar-refractivity contribution in [1.29, 1.82) is 0 Å². The molecule has 2 N–H and O–H groups in total. The number of imidazole rings is 1. The van der Waals surface area contributed by atoms with Gasteiger partial charge in [0.05, 0.1) is 6.20 Å². The Labute approximate surface area is 183 Å². The van der Waals surface area contributed by atoms with E-state index in [-0.39, 0.29) is 5.54 Å². The zero-order chi connectivity index (χ0) is 20.8. The third-order valence-corrected chi connectivity index (χ3v) is 6.77. The van der Waals surface area contributed by atoms with Gasteiger partial charge >= 0.3 is 0 Å². The smallest absolute Gasteiger partial charge is 0.176 e. The minimum atomic E-state index is -0.184. The van der Waals surface area contributed by atoms with Crippen molar-refractivity contribution < 1.29 is 0 Å². The van der Waals surface area contributed by atoms with Crippen LogP contribution in [0.5, 0.6) is 0 Å². The van der Waals surface area contributed by atoms with Crippen molar-refractivity contribution in [3.05, 3.63) is 77.9 Å². The summed E-state index contributed by atoms with van der Waals surface area (Å²) in [5, 5.41) is 2.80. The van der Waals surface area contributed by atoms with Crippen LogP contribution in [0.3, 0.4) is 0 Å². The first-order chi connectivity index (χ1) is 15.2. The van der Waals surface area contributed by atoms with E-state index in [1.54, 1.807) is 23.7 Å². The van der Waals surface area contributed by atoms with E-state index in [0.717, 1.165) is 46.1 Å². The molecule has 0 amide bonds. The molecule has 0 atom stereocenters. The molecule has 152 valence electrons. The number of thiazole rings is 1. The molecule has 3 heterocycles. The summed E-state index contributed by atoms with van der Waals surface area (Å²) in [7, 11) is 0. The van der Waals surface area contributed by atoms with Crippen molar-refractivity contribution in [3.63, 3.8) is 0 Å². The molecular formula is C24H20N6S. The summed E-state index contributed by atoms with van der Waals surface area (Å²) in [5.74, 6) is 1.44. The molecule has 7 heteroatoms. The SMILES string of the molecule is NC1(c2ccc(-n3c(-c4nccs4)nc4cnc(-c5ccccc5)nc43)cc2)CCC1. The van der Waals surface area contributed by atoms with Crippen LogP contribution in [0.25, 0.3) is 39.1 Å². The van der Waals surface area contributed by atoms with E-state index in [9.17, 15) is 0 Å². The third-order valence-electron chi connectivity index (χ3n) is 6.00. The Bertz CT molecular complexity index is 1350. The zero-order valence-electron chi connectivity index (χ0n) is 16.8. The maximum absolute atomic E-state index is 6.53. The second kappa shape index (κ2) is 7.08. The number of hydrogen-bond acceptors (Lipinski definition) is 6. The first-order valence-electron chi connectivity index (χ1n) is 10.3. The third kappa shape index (κ3) is 3.05. The Morgan fingerprint density at radius 2 is 1.74 bits per heavy atom. The Morgan fingerprint density at radius 1 is 0.935 bits per heavy atom. The van der Waals surface area contributed by atoms with Gasteiger partial charge in [0.15, 0.2) is 22.3 Å². The lowest BCUT2D eigenvalue weighted by atomic mass is 9.73. The summed E-state index contributed by atoms with van der Waals surface area (Å²) < 4.78 is 2.07. The van der Waals surface area contributed by atoms with Gasteiger partial charge < -0.3 is 5.73 Å². The first kappa shape index (κ1) is 18.4. The van der Waals surface area contributed by atoms with Crippen molar-refractivity contribution in [2.75, 3.05) is 0 Å². The predicted molar refractivity (Wildman–Crippen MR) is 123 cm³/mol. The highest BCUT2D eigenvalue weighted by Gasteiger charge is 2.34. The van der Waals surface area contributed by atoms with Gasteiger partial charge in [-0.2, -0.15) is 0 Å². The number of hydrogen-bond donors (Lipinski definition) is 1. The van der Waals surface area contributed by atoms with Crippen molar-refractivity contribution in [2.45, 2.75) is 24.8 Å². The minimum absolute atomic E-state index is 0.184. The Kier molecular flexibility index (Phi) is 4.19. The van der Waals surface area contributed by atoms with Crippen LogP contribution in [-0.4, -0.2) is 24.5 Å². The highest BCUT2D eigenvalue weighted by molar-refractivity contribution is 7.13. The van der Waals surface area contributed by atoms with Crippen molar-refractivity contribution >= 4 is 22.5 Å². The molecule has 0 aliphatic heterocycles. The van der Waals surface area contributed by atoms with E-state index in [1.165, 1.54) is 12.0 Å². The second-order valence-electron chi connectivity index (χ2n) is 7.93. The van der Waals surface area contributed by atoms with Gasteiger partial charge in [-0.3, -0.25) is 4.57 Å². The highest BCUT2D eigenvalue weighted by Crippen LogP contribution is 2.39. The number of fused-ring (bicyclic) bond motifs is 1. The highest BCUT2D eigenvalue weighted by atomic mass is 32.1. The number of rotatable bonds is 4. The molecule has 3 aromatic heterocycles. The van der Waals surface area contributed by atoms with E-state index in [4.69, 9.17) is 15.7 Å². The molecule has 0 unspecified atom stereocenters. The quantitative estimate of drug-likeness (QED) is 0.442. The van der Waals surface area contributed by atoms with Gasteiger partial charge in [-0.25, -0.2) is 19.9 Å². The zero-order valence-corrected chi connectivity index (χ0v) is 17.6. The summed E-state index contributed by atoms with van der Waals surface area (Å²) in [6.07, 6.45) is 6.85. The fourth-order valence-electron chi connectivity index (χ4n) is 4.11. The van der Waals surface area contributed by atoms with Gasteiger partial charge in [0, 0.05) is 28.4 Å². The maximum atomic E-state index is 6.53. The first-order valence-corrected chi connectivity index (χ1v) is 11.2. The summed E-state index contributed by atoms with van der Waals surface area (Å²) in [4.78, 5) is 18.8. The van der Waals surface area contributed by atoms with Crippen LogP contribution in [0.4, 0.5) is 0 Å². The number of aromatic nitrogens is 5. The number of nitrogens with two attached hydrogens (primary N) is 1. The lowest BCUT2D eigenvalue weighted by Gasteiger charge is -2.38. The maximum Gasteiger partial charge on any atom is 0.176 e. The molecule has 31 heavy (non-hydrogen) atoms. The average Bonchev–Trinajstić information content (AvgIpc) is 3.45. The molecular weight excluding hydrogens is 404 g/mol. The largest absolute Gasteiger partial charge is 0.321 e. The van der Waals surface area contributed by atoms with Crippen LogP contribution < -0.4 is 5.73 Å². The molecule has 5 aromatic rings. The fourth-order valence-corrected chi connectivity index (χ4v) is 4.73. The lowest BCUT2D eigenvalue weighted by molar-refractivity contribution is 0.253. The molecule has 6 nitrogen and oxygen atoms in total. The Morgan fingerprint density at radius 3 is 2.42 bits per heavy atom. The predicted octanol–water partition coefficient (Wildman–Crippen LogP) is 4.94. The molecule has 0 radical (unpaired) electrons. The van der Waals surface area contributed by atoms with Gasteiger partial charge in [0.2, 0.25) is 0 Å². The van der Waals surface area contributed by atoms with Crippen LogP contribution in [0.2, 0.25) is 0 Å². The van der Waals surface area contributed by atoms with E-state index in [2.05, 4.69) is 38.8 Å². The average molecular weight is 425 g/mol. The summed E-state index contributed by atoms with van der Waals surface area (Å²) in [5.41, 5.74) is 11.0. The topological polar surface area (TPSA) is 82.5 Å². The van der Waals surface area contributed by atoms with Gasteiger partial charge in [-0.05, 0) is 37.0 Å². The molecule has 2 aromatic carbocycles. The number of nitrogens with zero attached hydrogens (tertiary/aromatic N) is 5. The van der Waals surface area contributed by atoms with Gasteiger partial charge in [-0.1, -0.05) is 42.5 Å². The fraction of sp³-hybridized carbons (Fsp3) is 0.167. The van der Waals surface area contributed by atoms with Crippen LogP contribution in [0.15, 0.2) is 72.4 Å². The van der Waals surface area contributed by atoms with Crippen LogP contribution >= 0.6 is 11.3 Å². The van der Waals surface area contributed by atoms with E-state index >= 15 is 0 Å². The van der Waals surface area contributed by atoms with Crippen LogP contribution in [0.1, 0.15) is 24.8 Å². The molecule has 1 aliphatic rings. The second-order valence-corrected chi connectivity index (χ2v) is 8.83. The van der Waals surface area contributed by atoms with E-state index in [0.29, 0.717) is 5.82 Å². The van der Waals surface area contributed by atoms with Gasteiger partial charge in [-0.15, -0.1) is 11.3 Å². The van der Waals surface area contributed by atoms with Crippen molar-refractivity contribution in [3.8, 4) is 27.9 Å². The lowest BCUT2D eigenvalue weighted by Crippen LogP contribution is -2.43. The summed E-state index contributed by atoms with van der Waals surface area (Å²) >= 11 is 1.56. The van der Waals surface area contributed by atoms with Crippen molar-refractivity contribution in [1.82, 2.24) is 24.5 Å². The molecule has 0 saturated heterocycles. The molecule has 6 rings (SSSR count). The minimum Gasteiger partial charge on any atom is -0.321 e. The van der Waals surface area contributed by atoms with E-state index in [1.807, 2.05) is 35.7 Å². The Hall–Kier alpha value is -3.42. The van der Waals surface area contributed by atoms with Gasteiger partial charge in [0.1, 0.15) is 5.52 Å². The monoisotopic (exact) mass is 424 g/mol. The van der Waals surface area contributed by atoms with Crippen LogP contribution in [-0.2, 0) is 5.54 Å². The Balaban J connectivity index is 1.54. The van der Waals surface area contributed by atoms with Crippen LogP contribution in [0, 0.1) is 0 Å². The standard InChI is InChI=1S/C24H20N6S/c25-24(11-4-12-24)17-7-9-18(10-8-17)30-21-19(28-22(30)23-26-13-14-31-23)15-27-20(29-21)16-5-2-1-3-6-16/h1-3,5-10,13-15H,4,11-12,25H2. The number of benzene rings is 2. The van der Waals surface area contributed by atoms with E-state index < -0.39 is 0 Å². The molecule has 0 bridgehead atoms. The molecule has 1 aliphatic carbocycles. The normalized spacial score (nSPS) is 15.1. The molecule has 1 saturated carbocycles. The van der Waals surface area contributed by atoms with Crippen molar-refractivity contribution in [2.24, 2.45) is 5.73 Å². The summed E-state index contributed by atoms with van der Waals surface area (Å²) in [6.45, 7) is 0. The summed E-state index contributed by atoms with van der Waals surface area (Å²) in [6, 6.07) is 18.5. The molecule has 0 spiro atoms. The molecule has 1 fully saturated rings. The van der Waals surface area contributed by atoms with Gasteiger partial charge in [0.25, 0.3) is 0 Å².